The molecule has 2 aliphatic rings. The Kier molecular flexibility index (Phi) is 10.1. The van der Waals surface area contributed by atoms with Crippen LogP contribution >= 0.6 is 0 Å². The van der Waals surface area contributed by atoms with Gasteiger partial charge in [0, 0.05) is 39.3 Å². The number of morpholine rings is 1. The molecular weight excluding hydrogens is 408 g/mol. The predicted molar refractivity (Wildman–Crippen MR) is 125 cm³/mol. The van der Waals surface area contributed by atoms with Crippen LogP contribution in [-0.2, 0) is 20.8 Å². The summed E-state index contributed by atoms with van der Waals surface area (Å²) in [4.78, 5) is 21.6. The lowest BCUT2D eigenvalue weighted by molar-refractivity contribution is -0.149. The van der Waals surface area contributed by atoms with Crippen LogP contribution in [0.15, 0.2) is 29.3 Å². The van der Waals surface area contributed by atoms with Gasteiger partial charge in [0.1, 0.15) is 12.4 Å². The van der Waals surface area contributed by atoms with Gasteiger partial charge in [0.2, 0.25) is 0 Å². The van der Waals surface area contributed by atoms with Gasteiger partial charge in [0.05, 0.1) is 32.3 Å². The normalized spacial score (nSPS) is 20.1. The summed E-state index contributed by atoms with van der Waals surface area (Å²) in [6.45, 7) is 12.3. The van der Waals surface area contributed by atoms with E-state index in [9.17, 15) is 4.79 Å². The SMILES string of the molecule is CCNC(=NCc1cccc(OCCN2CCOCC2)c1)N1CCCC(C(=O)OCC)C1. The summed E-state index contributed by atoms with van der Waals surface area (Å²) in [5, 5.41) is 3.38. The molecule has 1 aromatic carbocycles. The van der Waals surface area contributed by atoms with Crippen molar-refractivity contribution in [3.8, 4) is 5.75 Å². The zero-order valence-corrected chi connectivity index (χ0v) is 19.6. The van der Waals surface area contributed by atoms with E-state index in [4.69, 9.17) is 19.2 Å². The quantitative estimate of drug-likeness (QED) is 0.354. The molecule has 178 valence electrons. The van der Waals surface area contributed by atoms with Crippen LogP contribution in [0.4, 0.5) is 0 Å². The van der Waals surface area contributed by atoms with Gasteiger partial charge in [-0.25, -0.2) is 4.99 Å². The highest BCUT2D eigenvalue weighted by Gasteiger charge is 2.28. The van der Waals surface area contributed by atoms with E-state index < -0.39 is 0 Å². The summed E-state index contributed by atoms with van der Waals surface area (Å²) in [6.07, 6.45) is 1.83. The van der Waals surface area contributed by atoms with Crippen LogP contribution < -0.4 is 10.1 Å². The maximum absolute atomic E-state index is 12.2. The lowest BCUT2D eigenvalue weighted by Gasteiger charge is -2.34. The van der Waals surface area contributed by atoms with Crippen molar-refractivity contribution in [2.75, 3.05) is 65.7 Å². The monoisotopic (exact) mass is 446 g/mol. The van der Waals surface area contributed by atoms with Gasteiger partial charge in [-0.2, -0.15) is 0 Å². The van der Waals surface area contributed by atoms with Crippen molar-refractivity contribution in [1.29, 1.82) is 0 Å². The van der Waals surface area contributed by atoms with Crippen LogP contribution in [0.25, 0.3) is 0 Å². The van der Waals surface area contributed by atoms with Crippen LogP contribution in [0.5, 0.6) is 5.75 Å². The fourth-order valence-corrected chi connectivity index (χ4v) is 4.06. The van der Waals surface area contributed by atoms with Gasteiger partial charge in [-0.15, -0.1) is 0 Å². The number of hydrogen-bond acceptors (Lipinski definition) is 6. The van der Waals surface area contributed by atoms with Crippen molar-refractivity contribution in [2.45, 2.75) is 33.2 Å². The molecule has 0 amide bonds. The fourth-order valence-electron chi connectivity index (χ4n) is 4.06. The van der Waals surface area contributed by atoms with E-state index in [-0.39, 0.29) is 11.9 Å². The Morgan fingerprint density at radius 3 is 2.88 bits per heavy atom. The summed E-state index contributed by atoms with van der Waals surface area (Å²) in [5.41, 5.74) is 1.10. The molecule has 0 bridgehead atoms. The van der Waals surface area contributed by atoms with Crippen molar-refractivity contribution in [3.63, 3.8) is 0 Å². The number of ether oxygens (including phenoxy) is 3. The number of carbonyl (C=O) groups excluding carboxylic acids is 1. The number of esters is 1. The van der Waals surface area contributed by atoms with Crippen molar-refractivity contribution < 1.29 is 19.0 Å². The molecule has 8 heteroatoms. The van der Waals surface area contributed by atoms with E-state index in [1.54, 1.807) is 0 Å². The molecular formula is C24H38N4O4. The van der Waals surface area contributed by atoms with Crippen molar-refractivity contribution in [1.82, 2.24) is 15.1 Å². The number of hydrogen-bond donors (Lipinski definition) is 1. The first-order chi connectivity index (χ1) is 15.7. The van der Waals surface area contributed by atoms with Crippen molar-refractivity contribution in [2.24, 2.45) is 10.9 Å². The van der Waals surface area contributed by atoms with E-state index in [1.165, 1.54) is 0 Å². The number of nitrogens with one attached hydrogen (secondary N) is 1. The summed E-state index contributed by atoms with van der Waals surface area (Å²) in [5.74, 6) is 1.53. The Labute approximate surface area is 191 Å². The lowest BCUT2D eigenvalue weighted by atomic mass is 9.98. The first-order valence-electron chi connectivity index (χ1n) is 11.9. The zero-order chi connectivity index (χ0) is 22.6. The Morgan fingerprint density at radius 1 is 1.25 bits per heavy atom. The summed E-state index contributed by atoms with van der Waals surface area (Å²) in [7, 11) is 0. The van der Waals surface area contributed by atoms with Crippen LogP contribution in [-0.4, -0.2) is 87.4 Å². The Hall–Kier alpha value is -2.32. The van der Waals surface area contributed by atoms with Gasteiger partial charge in [-0.05, 0) is 44.4 Å². The second kappa shape index (κ2) is 13.3. The van der Waals surface area contributed by atoms with Crippen LogP contribution in [0.3, 0.4) is 0 Å². The number of piperidine rings is 1. The van der Waals surface area contributed by atoms with Gasteiger partial charge in [-0.1, -0.05) is 12.1 Å². The number of nitrogens with zero attached hydrogens (tertiary/aromatic N) is 3. The molecule has 0 spiro atoms. The minimum absolute atomic E-state index is 0.0873. The van der Waals surface area contributed by atoms with Gasteiger partial charge in [0.25, 0.3) is 0 Å². The average Bonchev–Trinajstić information content (AvgIpc) is 2.83. The number of likely N-dealkylation sites (tertiary alicyclic amines) is 1. The van der Waals surface area contributed by atoms with E-state index in [0.717, 1.165) is 76.1 Å². The Bertz CT molecular complexity index is 736. The number of aliphatic imine (C=N–C) groups is 1. The smallest absolute Gasteiger partial charge is 0.310 e. The maximum atomic E-state index is 12.2. The van der Waals surface area contributed by atoms with Crippen LogP contribution in [0.1, 0.15) is 32.3 Å². The highest BCUT2D eigenvalue weighted by Crippen LogP contribution is 2.19. The molecule has 1 N–H and O–H groups in total. The largest absolute Gasteiger partial charge is 0.492 e. The molecule has 2 saturated heterocycles. The van der Waals surface area contributed by atoms with Gasteiger partial charge < -0.3 is 24.4 Å². The standard InChI is InChI=1S/C24H38N4O4/c1-3-25-24(28-10-6-8-21(19-28)23(29)31-4-2)26-18-20-7-5-9-22(17-20)32-16-13-27-11-14-30-15-12-27/h5,7,9,17,21H,3-4,6,8,10-16,18-19H2,1-2H3,(H,25,26). The molecule has 3 rings (SSSR count). The second-order valence-corrected chi connectivity index (χ2v) is 8.16. The topological polar surface area (TPSA) is 75.6 Å². The molecule has 0 saturated carbocycles. The molecule has 0 aliphatic carbocycles. The fraction of sp³-hybridized carbons (Fsp3) is 0.667. The molecule has 0 aromatic heterocycles. The molecule has 2 fully saturated rings. The van der Waals surface area contributed by atoms with Gasteiger partial charge in [-0.3, -0.25) is 9.69 Å². The third-order valence-corrected chi connectivity index (χ3v) is 5.77. The number of carbonyl (C=O) groups is 1. The van der Waals surface area contributed by atoms with E-state index in [1.807, 2.05) is 19.1 Å². The van der Waals surface area contributed by atoms with Crippen LogP contribution in [0.2, 0.25) is 0 Å². The van der Waals surface area contributed by atoms with Crippen molar-refractivity contribution >= 4 is 11.9 Å². The average molecular weight is 447 g/mol. The second-order valence-electron chi connectivity index (χ2n) is 8.16. The molecule has 0 radical (unpaired) electrons. The van der Waals surface area contributed by atoms with Gasteiger partial charge in [0.15, 0.2) is 5.96 Å². The minimum atomic E-state index is -0.102. The van der Waals surface area contributed by atoms with E-state index in [2.05, 4.69) is 34.2 Å². The number of rotatable bonds is 9. The Balaban J connectivity index is 1.54. The summed E-state index contributed by atoms with van der Waals surface area (Å²) < 4.78 is 16.6. The lowest BCUT2D eigenvalue weighted by Crippen LogP contribution is -2.48. The predicted octanol–water partition coefficient (Wildman–Crippen LogP) is 2.14. The Morgan fingerprint density at radius 2 is 2.09 bits per heavy atom. The molecule has 8 nitrogen and oxygen atoms in total. The third kappa shape index (κ3) is 7.67. The van der Waals surface area contributed by atoms with E-state index in [0.29, 0.717) is 26.3 Å². The first kappa shape index (κ1) is 24.3. The van der Waals surface area contributed by atoms with E-state index >= 15 is 0 Å². The molecule has 1 unspecified atom stereocenters. The molecule has 1 atom stereocenters. The minimum Gasteiger partial charge on any atom is -0.492 e. The molecule has 2 aliphatic heterocycles. The highest BCUT2D eigenvalue weighted by atomic mass is 16.5. The summed E-state index contributed by atoms with van der Waals surface area (Å²) in [6, 6.07) is 8.13. The van der Waals surface area contributed by atoms with Crippen LogP contribution in [0, 0.1) is 5.92 Å². The third-order valence-electron chi connectivity index (χ3n) is 5.77. The molecule has 1 aromatic rings. The zero-order valence-electron chi connectivity index (χ0n) is 19.6. The summed E-state index contributed by atoms with van der Waals surface area (Å²) >= 11 is 0. The number of guanidine groups is 1. The molecule has 32 heavy (non-hydrogen) atoms. The van der Waals surface area contributed by atoms with Gasteiger partial charge >= 0.3 is 5.97 Å². The highest BCUT2D eigenvalue weighted by molar-refractivity contribution is 5.81. The first-order valence-corrected chi connectivity index (χ1v) is 11.9. The molecule has 2 heterocycles. The number of benzene rings is 1. The van der Waals surface area contributed by atoms with Crippen molar-refractivity contribution in [3.05, 3.63) is 29.8 Å². The maximum Gasteiger partial charge on any atom is 0.310 e.